The van der Waals surface area contributed by atoms with E-state index in [0.29, 0.717) is 17.3 Å². The number of aromatic nitrogens is 3. The zero-order chi connectivity index (χ0) is 16.2. The van der Waals surface area contributed by atoms with Gasteiger partial charge < -0.3 is 9.84 Å². The lowest BCUT2D eigenvalue weighted by Gasteiger charge is -2.09. The molecule has 6 nitrogen and oxygen atoms in total. The van der Waals surface area contributed by atoms with Crippen molar-refractivity contribution in [2.45, 2.75) is 19.9 Å². The minimum Gasteiger partial charge on any atom is -0.340 e. The summed E-state index contributed by atoms with van der Waals surface area (Å²) in [7, 11) is 0. The van der Waals surface area contributed by atoms with Crippen molar-refractivity contribution in [1.29, 1.82) is 0 Å². The predicted molar refractivity (Wildman–Crippen MR) is 84.6 cm³/mol. The number of nitrogens with one attached hydrogen (secondary N) is 1. The summed E-state index contributed by atoms with van der Waals surface area (Å²) in [5, 5.41) is 6.79. The van der Waals surface area contributed by atoms with Gasteiger partial charge in [0.1, 0.15) is 6.04 Å². The minimum absolute atomic E-state index is 0.235. The Morgan fingerprint density at radius 2 is 2.13 bits per heavy atom. The van der Waals surface area contributed by atoms with Crippen molar-refractivity contribution >= 4 is 5.91 Å². The second-order valence-corrected chi connectivity index (χ2v) is 5.26. The van der Waals surface area contributed by atoms with Gasteiger partial charge in [0, 0.05) is 18.0 Å². The quantitative estimate of drug-likeness (QED) is 0.801. The smallest absolute Gasteiger partial charge is 0.253 e. The highest BCUT2D eigenvalue weighted by molar-refractivity contribution is 5.93. The Kier molecular flexibility index (Phi) is 4.14. The van der Waals surface area contributed by atoms with Gasteiger partial charge in [0.2, 0.25) is 11.7 Å². The molecular formula is C17H16N4O2. The van der Waals surface area contributed by atoms with Gasteiger partial charge >= 0.3 is 0 Å². The van der Waals surface area contributed by atoms with E-state index < -0.39 is 6.04 Å². The van der Waals surface area contributed by atoms with E-state index in [1.54, 1.807) is 25.3 Å². The number of pyridine rings is 1. The maximum absolute atomic E-state index is 12.1. The number of rotatable bonds is 4. The monoisotopic (exact) mass is 308 g/mol. The third-order valence-electron chi connectivity index (χ3n) is 3.36. The fourth-order valence-electron chi connectivity index (χ4n) is 2.15. The van der Waals surface area contributed by atoms with Crippen molar-refractivity contribution in [2.75, 3.05) is 0 Å². The van der Waals surface area contributed by atoms with E-state index in [9.17, 15) is 4.79 Å². The number of aryl methyl sites for hydroxylation is 1. The Morgan fingerprint density at radius 1 is 1.26 bits per heavy atom. The number of carbonyl (C=O) groups excluding carboxylic acids is 1. The van der Waals surface area contributed by atoms with Gasteiger partial charge in [0.15, 0.2) is 0 Å². The third kappa shape index (κ3) is 3.42. The molecule has 3 aromatic rings. The molecule has 0 fully saturated rings. The highest BCUT2D eigenvalue weighted by atomic mass is 16.5. The Balaban J connectivity index is 1.74. The average Bonchev–Trinajstić information content (AvgIpc) is 3.06. The fraction of sp³-hybridized carbons (Fsp3) is 0.176. The van der Waals surface area contributed by atoms with E-state index in [0.717, 1.165) is 11.1 Å². The summed E-state index contributed by atoms with van der Waals surface area (Å²) in [6, 6.07) is 10.8. The summed E-state index contributed by atoms with van der Waals surface area (Å²) >= 11 is 0. The van der Waals surface area contributed by atoms with Crippen molar-refractivity contribution in [3.8, 4) is 11.4 Å². The van der Waals surface area contributed by atoms with Gasteiger partial charge in [0.25, 0.3) is 5.91 Å². The molecule has 23 heavy (non-hydrogen) atoms. The first-order valence-electron chi connectivity index (χ1n) is 7.25. The first-order valence-corrected chi connectivity index (χ1v) is 7.25. The number of nitrogens with zero attached hydrogens (tertiary/aromatic N) is 3. The number of hydrogen-bond acceptors (Lipinski definition) is 5. The lowest BCUT2D eigenvalue weighted by Crippen LogP contribution is -2.26. The van der Waals surface area contributed by atoms with Crippen molar-refractivity contribution in [2.24, 2.45) is 0 Å². The molecule has 2 heterocycles. The number of amides is 1. The predicted octanol–water partition coefficient (Wildman–Crippen LogP) is 2.93. The molecular weight excluding hydrogens is 292 g/mol. The van der Waals surface area contributed by atoms with Crippen LogP contribution >= 0.6 is 0 Å². The zero-order valence-corrected chi connectivity index (χ0v) is 12.9. The minimum atomic E-state index is -0.395. The number of hydrogen-bond donors (Lipinski definition) is 1. The summed E-state index contributed by atoms with van der Waals surface area (Å²) in [4.78, 5) is 20.4. The van der Waals surface area contributed by atoms with Crippen molar-refractivity contribution < 1.29 is 9.32 Å². The molecule has 0 saturated carbocycles. The molecule has 116 valence electrons. The SMILES string of the molecule is Cc1cccc(-c2noc([C@@H](C)NC(=O)c3cccnc3)n2)c1. The molecule has 0 radical (unpaired) electrons. The van der Waals surface area contributed by atoms with Crippen molar-refractivity contribution in [3.05, 3.63) is 65.8 Å². The van der Waals surface area contributed by atoms with Crippen molar-refractivity contribution in [1.82, 2.24) is 20.4 Å². The molecule has 1 atom stereocenters. The van der Waals surface area contributed by atoms with Crippen LogP contribution in [-0.2, 0) is 0 Å². The zero-order valence-electron chi connectivity index (χ0n) is 12.9. The second-order valence-electron chi connectivity index (χ2n) is 5.26. The maximum Gasteiger partial charge on any atom is 0.253 e. The number of carbonyl (C=O) groups is 1. The highest BCUT2D eigenvalue weighted by Crippen LogP contribution is 2.19. The maximum atomic E-state index is 12.1. The second kappa shape index (κ2) is 6.39. The van der Waals surface area contributed by atoms with E-state index in [4.69, 9.17) is 4.52 Å². The third-order valence-corrected chi connectivity index (χ3v) is 3.36. The molecule has 0 unspecified atom stereocenters. The normalized spacial score (nSPS) is 11.9. The Morgan fingerprint density at radius 3 is 2.87 bits per heavy atom. The van der Waals surface area contributed by atoms with Crippen molar-refractivity contribution in [3.63, 3.8) is 0 Å². The Hall–Kier alpha value is -3.02. The van der Waals surface area contributed by atoms with Crippen LogP contribution in [0, 0.1) is 6.92 Å². The molecule has 0 aliphatic heterocycles. The molecule has 0 spiro atoms. The van der Waals surface area contributed by atoms with Crippen LogP contribution in [-0.4, -0.2) is 21.0 Å². The Labute approximate surface area is 133 Å². The highest BCUT2D eigenvalue weighted by Gasteiger charge is 2.18. The van der Waals surface area contributed by atoms with Gasteiger partial charge in [-0.1, -0.05) is 28.9 Å². The van der Waals surface area contributed by atoms with Crippen LogP contribution in [0.15, 0.2) is 53.3 Å². The van der Waals surface area contributed by atoms with Gasteiger partial charge in [0.05, 0.1) is 5.56 Å². The van der Waals surface area contributed by atoms with Gasteiger partial charge in [-0.15, -0.1) is 0 Å². The first-order chi connectivity index (χ1) is 11.1. The van der Waals surface area contributed by atoms with Gasteiger partial charge in [-0.3, -0.25) is 9.78 Å². The van der Waals surface area contributed by atoms with Gasteiger partial charge in [-0.25, -0.2) is 0 Å². The molecule has 0 bridgehead atoms. The molecule has 1 amide bonds. The summed E-state index contributed by atoms with van der Waals surface area (Å²) in [5.74, 6) is 0.630. The van der Waals surface area contributed by atoms with Gasteiger partial charge in [-0.05, 0) is 32.0 Å². The average molecular weight is 308 g/mol. The summed E-state index contributed by atoms with van der Waals surface area (Å²) in [6.07, 6.45) is 3.13. The molecule has 2 aromatic heterocycles. The molecule has 0 aliphatic rings. The molecule has 1 N–H and O–H groups in total. The van der Waals surface area contributed by atoms with E-state index >= 15 is 0 Å². The largest absolute Gasteiger partial charge is 0.340 e. The molecule has 3 rings (SSSR count). The summed E-state index contributed by atoms with van der Waals surface area (Å²) in [6.45, 7) is 3.79. The van der Waals surface area contributed by atoms with E-state index in [-0.39, 0.29) is 5.91 Å². The Bertz CT molecular complexity index is 814. The fourth-order valence-corrected chi connectivity index (χ4v) is 2.15. The van der Waals surface area contributed by atoms with Crippen LogP contribution in [0.3, 0.4) is 0 Å². The number of benzene rings is 1. The van der Waals surface area contributed by atoms with Crippen LogP contribution in [0.4, 0.5) is 0 Å². The van der Waals surface area contributed by atoms with Crippen LogP contribution in [0.5, 0.6) is 0 Å². The van der Waals surface area contributed by atoms with Crippen LogP contribution in [0.25, 0.3) is 11.4 Å². The van der Waals surface area contributed by atoms with Gasteiger partial charge in [-0.2, -0.15) is 4.98 Å². The molecule has 0 aliphatic carbocycles. The van der Waals surface area contributed by atoms with Crippen LogP contribution in [0.1, 0.15) is 34.8 Å². The summed E-state index contributed by atoms with van der Waals surface area (Å²) < 4.78 is 5.27. The van der Waals surface area contributed by atoms with Crippen LogP contribution in [0.2, 0.25) is 0 Å². The van der Waals surface area contributed by atoms with E-state index in [1.165, 1.54) is 6.20 Å². The lowest BCUT2D eigenvalue weighted by atomic mass is 10.1. The molecule has 6 heteroatoms. The van der Waals surface area contributed by atoms with Crippen LogP contribution < -0.4 is 5.32 Å². The van der Waals surface area contributed by atoms with E-state index in [1.807, 2.05) is 31.2 Å². The van der Waals surface area contributed by atoms with E-state index in [2.05, 4.69) is 20.4 Å². The first kappa shape index (κ1) is 14.9. The topological polar surface area (TPSA) is 80.9 Å². The molecule has 0 saturated heterocycles. The summed E-state index contributed by atoms with van der Waals surface area (Å²) in [5.41, 5.74) is 2.48. The molecule has 1 aromatic carbocycles. The standard InChI is InChI=1S/C17H16N4O2/c1-11-5-3-6-13(9-11)15-20-17(23-21-15)12(2)19-16(22)14-7-4-8-18-10-14/h3-10,12H,1-2H3,(H,19,22)/t12-/m1/s1. The lowest BCUT2D eigenvalue weighted by molar-refractivity contribution is 0.0932.